The standard InChI is InChI=1S/C14H11ClINO2/c15-10-5-9(6-13-14(10)19-8-18-13)7-17-12-4-2-1-3-11(12)16/h1-6,17H,7-8H2. The number of benzene rings is 2. The third kappa shape index (κ3) is 2.74. The van der Waals surface area contributed by atoms with Gasteiger partial charge in [0.1, 0.15) is 0 Å². The Hall–Kier alpha value is -1.14. The molecule has 1 N–H and O–H groups in total. The summed E-state index contributed by atoms with van der Waals surface area (Å²) in [5.41, 5.74) is 2.17. The molecular weight excluding hydrogens is 377 g/mol. The number of rotatable bonds is 3. The molecule has 0 fully saturated rings. The van der Waals surface area contributed by atoms with Gasteiger partial charge in [0.2, 0.25) is 6.79 Å². The molecule has 2 aromatic rings. The van der Waals surface area contributed by atoms with Gasteiger partial charge in [-0.15, -0.1) is 0 Å². The lowest BCUT2D eigenvalue weighted by Gasteiger charge is -2.09. The molecule has 1 aliphatic heterocycles. The zero-order valence-corrected chi connectivity index (χ0v) is 12.9. The quantitative estimate of drug-likeness (QED) is 0.797. The molecule has 3 nitrogen and oxygen atoms in total. The summed E-state index contributed by atoms with van der Waals surface area (Å²) in [6.45, 7) is 0.929. The number of fused-ring (bicyclic) bond motifs is 1. The van der Waals surface area contributed by atoms with Crippen LogP contribution in [0, 0.1) is 3.57 Å². The minimum atomic E-state index is 0.239. The highest BCUT2D eigenvalue weighted by Gasteiger charge is 2.18. The summed E-state index contributed by atoms with van der Waals surface area (Å²) in [7, 11) is 0. The molecule has 98 valence electrons. The fourth-order valence-electron chi connectivity index (χ4n) is 1.92. The number of hydrogen-bond donors (Lipinski definition) is 1. The Morgan fingerprint density at radius 3 is 2.89 bits per heavy atom. The maximum atomic E-state index is 6.15. The Bertz CT molecular complexity index is 618. The van der Waals surface area contributed by atoms with Gasteiger partial charge in [0.25, 0.3) is 0 Å². The zero-order chi connectivity index (χ0) is 13.2. The summed E-state index contributed by atoms with van der Waals surface area (Å²) < 4.78 is 11.8. The monoisotopic (exact) mass is 387 g/mol. The van der Waals surface area contributed by atoms with Crippen molar-refractivity contribution >= 4 is 39.9 Å². The molecule has 3 rings (SSSR count). The van der Waals surface area contributed by atoms with Crippen LogP contribution in [0.3, 0.4) is 0 Å². The maximum absolute atomic E-state index is 6.15. The number of nitrogens with one attached hydrogen (secondary N) is 1. The van der Waals surface area contributed by atoms with Gasteiger partial charge in [0.15, 0.2) is 11.5 Å². The highest BCUT2D eigenvalue weighted by atomic mass is 127. The number of halogens is 2. The van der Waals surface area contributed by atoms with Crippen molar-refractivity contribution in [1.82, 2.24) is 0 Å². The smallest absolute Gasteiger partial charge is 0.231 e. The molecule has 1 aliphatic rings. The Balaban J connectivity index is 1.78. The molecule has 0 spiro atoms. The normalized spacial score (nSPS) is 12.5. The van der Waals surface area contributed by atoms with E-state index in [1.165, 1.54) is 3.57 Å². The molecule has 0 aliphatic carbocycles. The van der Waals surface area contributed by atoms with Crippen LogP contribution >= 0.6 is 34.2 Å². The van der Waals surface area contributed by atoms with Gasteiger partial charge in [-0.25, -0.2) is 0 Å². The van der Waals surface area contributed by atoms with Crippen LogP contribution in [0.4, 0.5) is 5.69 Å². The molecular formula is C14H11ClINO2. The van der Waals surface area contributed by atoms with Gasteiger partial charge in [-0.1, -0.05) is 23.7 Å². The van der Waals surface area contributed by atoms with Crippen LogP contribution in [0.25, 0.3) is 0 Å². The third-order valence-electron chi connectivity index (χ3n) is 2.84. The predicted octanol–water partition coefficient (Wildman–Crippen LogP) is 4.29. The minimum absolute atomic E-state index is 0.239. The first-order valence-electron chi connectivity index (χ1n) is 5.80. The summed E-state index contributed by atoms with van der Waals surface area (Å²) in [5.74, 6) is 1.35. The summed E-state index contributed by atoms with van der Waals surface area (Å²) in [4.78, 5) is 0. The van der Waals surface area contributed by atoms with Gasteiger partial charge in [0, 0.05) is 15.8 Å². The van der Waals surface area contributed by atoms with Gasteiger partial charge in [-0.05, 0) is 52.4 Å². The van der Waals surface area contributed by atoms with Crippen molar-refractivity contribution in [2.45, 2.75) is 6.54 Å². The second kappa shape index (κ2) is 5.46. The third-order valence-corrected chi connectivity index (χ3v) is 4.07. The fraction of sp³-hybridized carbons (Fsp3) is 0.143. The van der Waals surface area contributed by atoms with Crippen LogP contribution in [-0.4, -0.2) is 6.79 Å². The van der Waals surface area contributed by atoms with E-state index in [2.05, 4.69) is 40.0 Å². The van der Waals surface area contributed by atoms with E-state index in [1.54, 1.807) is 0 Å². The number of para-hydroxylation sites is 1. The Kier molecular flexibility index (Phi) is 3.70. The Labute approximate surface area is 130 Å². The van der Waals surface area contributed by atoms with Crippen molar-refractivity contribution < 1.29 is 9.47 Å². The summed E-state index contributed by atoms with van der Waals surface area (Å²) >= 11 is 8.46. The maximum Gasteiger partial charge on any atom is 0.231 e. The molecule has 0 unspecified atom stereocenters. The second-order valence-corrected chi connectivity index (χ2v) is 5.71. The van der Waals surface area contributed by atoms with Gasteiger partial charge < -0.3 is 14.8 Å². The molecule has 0 atom stereocenters. The van der Waals surface area contributed by atoms with Gasteiger partial charge in [-0.3, -0.25) is 0 Å². The Morgan fingerprint density at radius 2 is 2.05 bits per heavy atom. The van der Waals surface area contributed by atoms with Gasteiger partial charge in [0.05, 0.1) is 5.02 Å². The van der Waals surface area contributed by atoms with Crippen LogP contribution in [-0.2, 0) is 6.54 Å². The predicted molar refractivity (Wildman–Crippen MR) is 84.1 cm³/mol. The molecule has 0 amide bonds. The fourth-order valence-corrected chi connectivity index (χ4v) is 2.79. The average molecular weight is 388 g/mol. The second-order valence-electron chi connectivity index (χ2n) is 4.14. The lowest BCUT2D eigenvalue weighted by molar-refractivity contribution is 0.174. The van der Waals surface area contributed by atoms with Crippen molar-refractivity contribution in [1.29, 1.82) is 0 Å². The molecule has 0 saturated carbocycles. The Morgan fingerprint density at radius 1 is 1.21 bits per heavy atom. The first-order chi connectivity index (χ1) is 9.24. The van der Waals surface area contributed by atoms with Crippen LogP contribution in [0.1, 0.15) is 5.56 Å². The molecule has 0 saturated heterocycles. The molecule has 5 heteroatoms. The van der Waals surface area contributed by atoms with E-state index in [1.807, 2.05) is 24.3 Å². The van der Waals surface area contributed by atoms with E-state index in [9.17, 15) is 0 Å². The van der Waals surface area contributed by atoms with Crippen LogP contribution in [0.2, 0.25) is 5.02 Å². The minimum Gasteiger partial charge on any atom is -0.454 e. The van der Waals surface area contributed by atoms with Crippen molar-refractivity contribution in [3.8, 4) is 11.5 Å². The lowest BCUT2D eigenvalue weighted by atomic mass is 10.2. The first-order valence-corrected chi connectivity index (χ1v) is 7.26. The zero-order valence-electron chi connectivity index (χ0n) is 9.95. The first kappa shape index (κ1) is 12.9. The van der Waals surface area contributed by atoms with E-state index in [0.717, 1.165) is 11.3 Å². The molecule has 0 radical (unpaired) electrons. The average Bonchev–Trinajstić information content (AvgIpc) is 2.87. The van der Waals surface area contributed by atoms with Gasteiger partial charge in [-0.2, -0.15) is 0 Å². The van der Waals surface area contributed by atoms with E-state index in [4.69, 9.17) is 21.1 Å². The van der Waals surface area contributed by atoms with Crippen LogP contribution in [0.15, 0.2) is 36.4 Å². The highest BCUT2D eigenvalue weighted by molar-refractivity contribution is 14.1. The summed E-state index contributed by atoms with van der Waals surface area (Å²) in [6.07, 6.45) is 0. The number of ether oxygens (including phenoxy) is 2. The SMILES string of the molecule is Clc1cc(CNc2ccccc2I)cc2c1OCO2. The van der Waals surface area contributed by atoms with E-state index in [0.29, 0.717) is 23.1 Å². The molecule has 2 aromatic carbocycles. The number of anilines is 1. The summed E-state index contributed by atoms with van der Waals surface area (Å²) in [5, 5.41) is 3.98. The lowest BCUT2D eigenvalue weighted by Crippen LogP contribution is -2.01. The molecule has 0 bridgehead atoms. The topological polar surface area (TPSA) is 30.5 Å². The van der Waals surface area contributed by atoms with Crippen molar-refractivity contribution in [2.75, 3.05) is 12.1 Å². The van der Waals surface area contributed by atoms with E-state index in [-0.39, 0.29) is 6.79 Å². The van der Waals surface area contributed by atoms with Crippen LogP contribution in [0.5, 0.6) is 11.5 Å². The molecule has 19 heavy (non-hydrogen) atoms. The van der Waals surface area contributed by atoms with E-state index >= 15 is 0 Å². The van der Waals surface area contributed by atoms with Gasteiger partial charge >= 0.3 is 0 Å². The number of hydrogen-bond acceptors (Lipinski definition) is 3. The molecule has 0 aromatic heterocycles. The highest BCUT2D eigenvalue weighted by Crippen LogP contribution is 2.39. The largest absolute Gasteiger partial charge is 0.454 e. The summed E-state index contributed by atoms with van der Waals surface area (Å²) in [6, 6.07) is 12.0. The van der Waals surface area contributed by atoms with Crippen LogP contribution < -0.4 is 14.8 Å². The van der Waals surface area contributed by atoms with Crippen molar-refractivity contribution in [2.24, 2.45) is 0 Å². The van der Waals surface area contributed by atoms with Crippen molar-refractivity contribution in [3.63, 3.8) is 0 Å². The van der Waals surface area contributed by atoms with Crippen molar-refractivity contribution in [3.05, 3.63) is 50.6 Å². The van der Waals surface area contributed by atoms with E-state index < -0.39 is 0 Å². The molecule has 1 heterocycles.